The molecule has 7 nitrogen and oxygen atoms in total. The van der Waals surface area contributed by atoms with Crippen LogP contribution in [0, 0.1) is 22.5 Å². The Kier molecular flexibility index (Phi) is 2.84. The van der Waals surface area contributed by atoms with E-state index in [1.165, 1.54) is 0 Å². The third kappa shape index (κ3) is 2.20. The van der Waals surface area contributed by atoms with E-state index in [2.05, 4.69) is 34.4 Å². The summed E-state index contributed by atoms with van der Waals surface area (Å²) in [5, 5.41) is 17.0. The number of nitro groups is 1. The molecule has 1 aliphatic rings. The molecule has 0 aromatic carbocycles. The maximum atomic E-state index is 11.1. The molecule has 0 saturated heterocycles. The van der Waals surface area contributed by atoms with Crippen LogP contribution >= 0.6 is 0 Å². The molecule has 1 unspecified atom stereocenters. The molecule has 1 saturated carbocycles. The number of aryl methyl sites for hydroxylation is 1. The predicted octanol–water partition coefficient (Wildman–Crippen LogP) is 1.95. The minimum Gasteiger partial charge on any atom is -0.361 e. The summed E-state index contributed by atoms with van der Waals surface area (Å²) in [5.74, 6) is 0.687. The average Bonchev–Trinajstić information content (AvgIpc) is 2.84. The van der Waals surface area contributed by atoms with Gasteiger partial charge in [0.25, 0.3) is 0 Å². The van der Waals surface area contributed by atoms with Gasteiger partial charge >= 0.3 is 5.69 Å². The molecule has 1 fully saturated rings. The van der Waals surface area contributed by atoms with Gasteiger partial charge < -0.3 is 10.6 Å². The van der Waals surface area contributed by atoms with E-state index in [9.17, 15) is 10.1 Å². The highest BCUT2D eigenvalue weighted by Crippen LogP contribution is 2.47. The lowest BCUT2D eigenvalue weighted by Crippen LogP contribution is -2.14. The zero-order chi connectivity index (χ0) is 13.5. The molecule has 2 N–H and O–H groups in total. The minimum absolute atomic E-state index is 0.0447. The van der Waals surface area contributed by atoms with Crippen LogP contribution in [0.25, 0.3) is 0 Å². The Bertz CT molecular complexity index is 500. The highest BCUT2D eigenvalue weighted by molar-refractivity contribution is 5.62. The van der Waals surface area contributed by atoms with Crippen LogP contribution in [-0.2, 0) is 0 Å². The lowest BCUT2D eigenvalue weighted by Gasteiger charge is -2.10. The highest BCUT2D eigenvalue weighted by Gasteiger charge is 2.46. The van der Waals surface area contributed by atoms with Gasteiger partial charge in [0.15, 0.2) is 0 Å². The van der Waals surface area contributed by atoms with E-state index >= 15 is 0 Å². The van der Waals surface area contributed by atoms with E-state index in [1.807, 2.05) is 0 Å². The topological polar surface area (TPSA) is 93.0 Å². The molecule has 7 heteroatoms. The van der Waals surface area contributed by atoms with Crippen LogP contribution in [0.3, 0.4) is 0 Å². The van der Waals surface area contributed by atoms with Crippen molar-refractivity contribution in [1.29, 1.82) is 0 Å². The average molecular weight is 251 g/mol. The van der Waals surface area contributed by atoms with Crippen LogP contribution in [0.4, 0.5) is 17.5 Å². The van der Waals surface area contributed by atoms with Gasteiger partial charge in [-0.2, -0.15) is 4.98 Å². The Morgan fingerprint density at radius 2 is 2.06 bits per heavy atom. The monoisotopic (exact) mass is 251 g/mol. The summed E-state index contributed by atoms with van der Waals surface area (Å²) in [7, 11) is 1.69. The number of aromatic nitrogens is 2. The first-order chi connectivity index (χ1) is 8.35. The number of hydrogen-bond donors (Lipinski definition) is 2. The second-order valence-corrected chi connectivity index (χ2v) is 5.23. The molecule has 1 aliphatic carbocycles. The van der Waals surface area contributed by atoms with Crippen LogP contribution in [0.1, 0.15) is 26.0 Å². The van der Waals surface area contributed by atoms with Crippen molar-refractivity contribution in [3.8, 4) is 0 Å². The fourth-order valence-electron chi connectivity index (χ4n) is 1.88. The van der Waals surface area contributed by atoms with Gasteiger partial charge in [-0.05, 0) is 18.8 Å². The largest absolute Gasteiger partial charge is 0.361 e. The first-order valence-electron chi connectivity index (χ1n) is 5.82. The van der Waals surface area contributed by atoms with Gasteiger partial charge in [-0.3, -0.25) is 10.1 Å². The first-order valence-corrected chi connectivity index (χ1v) is 5.82. The third-order valence-electron chi connectivity index (χ3n) is 3.29. The van der Waals surface area contributed by atoms with E-state index < -0.39 is 4.92 Å². The van der Waals surface area contributed by atoms with Crippen molar-refractivity contribution in [2.45, 2.75) is 33.2 Å². The Hall–Kier alpha value is -1.92. The zero-order valence-corrected chi connectivity index (χ0v) is 10.9. The van der Waals surface area contributed by atoms with Gasteiger partial charge in [-0.15, -0.1) is 0 Å². The number of rotatable bonds is 4. The molecule has 1 aromatic rings. The predicted molar refractivity (Wildman–Crippen MR) is 68.8 cm³/mol. The standard InChI is InChI=1S/C11H17N5O2/c1-6-8(16(17)18)9(15-10(12-4)13-6)14-7-5-11(7,2)3/h7H,5H2,1-4H3,(H2,12,13,14,15). The molecule has 1 atom stereocenters. The van der Waals surface area contributed by atoms with Crippen molar-refractivity contribution < 1.29 is 4.92 Å². The Balaban J connectivity index is 2.36. The first kappa shape index (κ1) is 12.5. The number of nitrogens with one attached hydrogen (secondary N) is 2. The van der Waals surface area contributed by atoms with Gasteiger partial charge in [0.1, 0.15) is 5.69 Å². The van der Waals surface area contributed by atoms with Crippen LogP contribution in [0.15, 0.2) is 0 Å². The number of nitrogens with zero attached hydrogens (tertiary/aromatic N) is 3. The second-order valence-electron chi connectivity index (χ2n) is 5.23. The van der Waals surface area contributed by atoms with Gasteiger partial charge in [0.05, 0.1) is 4.92 Å². The maximum absolute atomic E-state index is 11.1. The maximum Gasteiger partial charge on any atom is 0.332 e. The van der Waals surface area contributed by atoms with Crippen molar-refractivity contribution in [1.82, 2.24) is 9.97 Å². The molecule has 0 radical (unpaired) electrons. The van der Waals surface area contributed by atoms with Gasteiger partial charge in [0, 0.05) is 13.1 Å². The van der Waals surface area contributed by atoms with Crippen LogP contribution in [-0.4, -0.2) is 28.0 Å². The van der Waals surface area contributed by atoms with Gasteiger partial charge in [-0.25, -0.2) is 4.98 Å². The molecule has 0 amide bonds. The van der Waals surface area contributed by atoms with E-state index in [0.717, 1.165) is 6.42 Å². The molecular formula is C11H17N5O2. The zero-order valence-electron chi connectivity index (χ0n) is 10.9. The van der Waals surface area contributed by atoms with Gasteiger partial charge in [0.2, 0.25) is 11.8 Å². The fraction of sp³-hybridized carbons (Fsp3) is 0.636. The van der Waals surface area contributed by atoms with E-state index in [4.69, 9.17) is 0 Å². The van der Waals surface area contributed by atoms with E-state index in [1.54, 1.807) is 14.0 Å². The van der Waals surface area contributed by atoms with E-state index in [-0.39, 0.29) is 17.1 Å². The summed E-state index contributed by atoms with van der Waals surface area (Å²) in [6.45, 7) is 5.84. The SMILES string of the molecule is CNc1nc(C)c([N+](=O)[O-])c(NC2CC2(C)C)n1. The summed E-state index contributed by atoms with van der Waals surface area (Å²) in [6.07, 6.45) is 0.988. The Morgan fingerprint density at radius 3 is 2.50 bits per heavy atom. The molecule has 0 spiro atoms. The molecule has 2 rings (SSSR count). The molecule has 0 aliphatic heterocycles. The van der Waals surface area contributed by atoms with Crippen LogP contribution in [0.2, 0.25) is 0 Å². The summed E-state index contributed by atoms with van der Waals surface area (Å²) >= 11 is 0. The lowest BCUT2D eigenvalue weighted by atomic mass is 10.2. The van der Waals surface area contributed by atoms with Crippen molar-refractivity contribution in [2.75, 3.05) is 17.7 Å². The van der Waals surface area contributed by atoms with Crippen molar-refractivity contribution >= 4 is 17.5 Å². The smallest absolute Gasteiger partial charge is 0.332 e. The molecular weight excluding hydrogens is 234 g/mol. The fourth-order valence-corrected chi connectivity index (χ4v) is 1.88. The normalized spacial score (nSPS) is 20.3. The summed E-state index contributed by atoms with van der Waals surface area (Å²) in [6, 6.07) is 0.232. The quantitative estimate of drug-likeness (QED) is 0.627. The van der Waals surface area contributed by atoms with Crippen molar-refractivity contribution in [3.63, 3.8) is 0 Å². The number of hydrogen-bond acceptors (Lipinski definition) is 6. The minimum atomic E-state index is -0.438. The molecule has 0 bridgehead atoms. The number of anilines is 2. The van der Waals surface area contributed by atoms with Crippen molar-refractivity contribution in [2.24, 2.45) is 5.41 Å². The summed E-state index contributed by atoms with van der Waals surface area (Å²) in [5.41, 5.74) is 0.490. The van der Waals surface area contributed by atoms with Crippen LogP contribution in [0.5, 0.6) is 0 Å². The third-order valence-corrected chi connectivity index (χ3v) is 3.29. The van der Waals surface area contributed by atoms with E-state index in [0.29, 0.717) is 17.5 Å². The molecule has 98 valence electrons. The lowest BCUT2D eigenvalue weighted by molar-refractivity contribution is -0.385. The Labute approximate surface area is 105 Å². The molecule has 18 heavy (non-hydrogen) atoms. The van der Waals surface area contributed by atoms with Gasteiger partial charge in [-0.1, -0.05) is 13.8 Å². The Morgan fingerprint density at radius 1 is 1.44 bits per heavy atom. The molecule has 1 heterocycles. The second kappa shape index (κ2) is 4.08. The summed E-state index contributed by atoms with van der Waals surface area (Å²) in [4.78, 5) is 18.8. The van der Waals surface area contributed by atoms with Crippen molar-refractivity contribution in [3.05, 3.63) is 15.8 Å². The van der Waals surface area contributed by atoms with Crippen LogP contribution < -0.4 is 10.6 Å². The summed E-state index contributed by atoms with van der Waals surface area (Å²) < 4.78 is 0. The highest BCUT2D eigenvalue weighted by atomic mass is 16.6. The molecule has 1 aromatic heterocycles.